The number of aromatic nitrogens is 3. The molecular weight excluding hydrogens is 431 g/mol. The third-order valence-electron chi connectivity index (χ3n) is 3.61. The standard InChI is InChI=1S/C17H16F3N5O2S.ClH/c1-24(2)7-8-25(15(26)13-10-21-5-6-22-13)16-23-12-4-3-11(9-14(12)28-16)27-17(18,19)20;/h3-6,9-10H,7-8H2,1-2H3;1H. The number of alkyl halides is 3. The second kappa shape index (κ2) is 9.33. The van der Waals surface area contributed by atoms with Gasteiger partial charge in [-0.05, 0) is 26.2 Å². The van der Waals surface area contributed by atoms with E-state index < -0.39 is 6.36 Å². The third kappa shape index (κ3) is 5.99. The Morgan fingerprint density at radius 1 is 1.21 bits per heavy atom. The number of amides is 1. The number of likely N-dealkylation sites (N-methyl/N-ethyl adjacent to an activating group) is 1. The fourth-order valence-electron chi connectivity index (χ4n) is 2.34. The molecule has 7 nitrogen and oxygen atoms in total. The van der Waals surface area contributed by atoms with E-state index in [0.29, 0.717) is 28.4 Å². The lowest BCUT2D eigenvalue weighted by Gasteiger charge is -2.21. The molecule has 2 heterocycles. The Kier molecular flexibility index (Phi) is 7.33. The zero-order valence-corrected chi connectivity index (χ0v) is 17.0. The van der Waals surface area contributed by atoms with Crippen LogP contribution >= 0.6 is 23.7 Å². The smallest absolute Gasteiger partial charge is 0.406 e. The second-order valence-corrected chi connectivity index (χ2v) is 7.03. The monoisotopic (exact) mass is 447 g/mol. The van der Waals surface area contributed by atoms with E-state index in [4.69, 9.17) is 0 Å². The molecule has 0 aliphatic carbocycles. The summed E-state index contributed by atoms with van der Waals surface area (Å²) in [5, 5.41) is 0.358. The number of halogens is 4. The van der Waals surface area contributed by atoms with Gasteiger partial charge in [-0.3, -0.25) is 14.7 Å². The van der Waals surface area contributed by atoms with E-state index in [-0.39, 0.29) is 29.8 Å². The van der Waals surface area contributed by atoms with Crippen LogP contribution in [0.2, 0.25) is 0 Å². The van der Waals surface area contributed by atoms with Gasteiger partial charge in [0.25, 0.3) is 5.91 Å². The number of carbonyl (C=O) groups excluding carboxylic acids is 1. The van der Waals surface area contributed by atoms with Crippen LogP contribution in [0.25, 0.3) is 10.2 Å². The van der Waals surface area contributed by atoms with E-state index in [0.717, 1.165) is 11.3 Å². The molecule has 0 bridgehead atoms. The Hall–Kier alpha value is -2.50. The molecule has 0 saturated carbocycles. The quantitative estimate of drug-likeness (QED) is 0.575. The number of anilines is 1. The van der Waals surface area contributed by atoms with Gasteiger partial charge in [0.1, 0.15) is 11.4 Å². The van der Waals surface area contributed by atoms with Crippen LogP contribution < -0.4 is 9.64 Å². The fraction of sp³-hybridized carbons (Fsp3) is 0.294. The summed E-state index contributed by atoms with van der Waals surface area (Å²) in [6, 6.07) is 3.86. The van der Waals surface area contributed by atoms with Crippen molar-refractivity contribution in [3.63, 3.8) is 0 Å². The first-order chi connectivity index (χ1) is 13.2. The predicted octanol–water partition coefficient (Wildman–Crippen LogP) is 3.62. The third-order valence-corrected chi connectivity index (χ3v) is 4.65. The van der Waals surface area contributed by atoms with Gasteiger partial charge in [-0.15, -0.1) is 25.6 Å². The Bertz CT molecular complexity index is 969. The number of fused-ring (bicyclic) bond motifs is 1. The lowest BCUT2D eigenvalue weighted by atomic mass is 10.3. The van der Waals surface area contributed by atoms with Crippen molar-refractivity contribution in [1.29, 1.82) is 0 Å². The van der Waals surface area contributed by atoms with Gasteiger partial charge in [-0.25, -0.2) is 9.97 Å². The van der Waals surface area contributed by atoms with Gasteiger partial charge < -0.3 is 9.64 Å². The van der Waals surface area contributed by atoms with E-state index in [1.165, 1.54) is 41.7 Å². The highest BCUT2D eigenvalue weighted by atomic mass is 35.5. The molecule has 1 aromatic carbocycles. The largest absolute Gasteiger partial charge is 0.573 e. The summed E-state index contributed by atoms with van der Waals surface area (Å²) in [7, 11) is 3.73. The molecule has 0 atom stereocenters. The zero-order chi connectivity index (χ0) is 20.3. The van der Waals surface area contributed by atoms with Gasteiger partial charge >= 0.3 is 6.36 Å². The van der Waals surface area contributed by atoms with Gasteiger partial charge in [0.15, 0.2) is 5.13 Å². The van der Waals surface area contributed by atoms with Crippen LogP contribution in [-0.4, -0.2) is 59.3 Å². The molecule has 2 aromatic heterocycles. The summed E-state index contributed by atoms with van der Waals surface area (Å²) in [5.41, 5.74) is 0.623. The van der Waals surface area contributed by atoms with E-state index in [2.05, 4.69) is 19.7 Å². The SMILES string of the molecule is CN(C)CCN(C(=O)c1cnccn1)c1nc2ccc(OC(F)(F)F)cc2s1.Cl. The van der Waals surface area contributed by atoms with Crippen LogP contribution in [0.4, 0.5) is 18.3 Å². The number of carbonyl (C=O) groups is 1. The van der Waals surface area contributed by atoms with Crippen molar-refractivity contribution < 1.29 is 22.7 Å². The first kappa shape index (κ1) is 22.8. The summed E-state index contributed by atoms with van der Waals surface area (Å²) >= 11 is 1.10. The van der Waals surface area contributed by atoms with E-state index in [1.807, 2.05) is 19.0 Å². The Morgan fingerprint density at radius 2 is 1.97 bits per heavy atom. The van der Waals surface area contributed by atoms with Crippen LogP contribution in [0.5, 0.6) is 5.75 Å². The topological polar surface area (TPSA) is 71.5 Å². The minimum absolute atomic E-state index is 0. The van der Waals surface area contributed by atoms with E-state index in [1.54, 1.807) is 0 Å². The predicted molar refractivity (Wildman–Crippen MR) is 106 cm³/mol. The molecule has 3 aromatic rings. The fourth-order valence-corrected chi connectivity index (χ4v) is 3.36. The highest BCUT2D eigenvalue weighted by molar-refractivity contribution is 7.22. The zero-order valence-electron chi connectivity index (χ0n) is 15.4. The van der Waals surface area contributed by atoms with Crippen molar-refractivity contribution in [2.45, 2.75) is 6.36 Å². The molecule has 0 radical (unpaired) electrons. The maximum absolute atomic E-state index is 12.9. The lowest BCUT2D eigenvalue weighted by molar-refractivity contribution is -0.274. The number of rotatable bonds is 6. The summed E-state index contributed by atoms with van der Waals surface area (Å²) in [6.07, 6.45) is -0.550. The molecule has 29 heavy (non-hydrogen) atoms. The highest BCUT2D eigenvalue weighted by Crippen LogP contribution is 2.33. The van der Waals surface area contributed by atoms with Crippen molar-refractivity contribution in [1.82, 2.24) is 19.9 Å². The molecule has 0 aliphatic heterocycles. The number of thiazole rings is 1. The number of nitrogens with zero attached hydrogens (tertiary/aromatic N) is 5. The molecule has 0 N–H and O–H groups in total. The van der Waals surface area contributed by atoms with Crippen LogP contribution in [0.3, 0.4) is 0 Å². The van der Waals surface area contributed by atoms with Crippen molar-refractivity contribution >= 4 is 45.0 Å². The molecule has 0 fully saturated rings. The summed E-state index contributed by atoms with van der Waals surface area (Å²) in [5.74, 6) is -0.726. The van der Waals surface area contributed by atoms with Gasteiger partial charge in [0.2, 0.25) is 0 Å². The van der Waals surface area contributed by atoms with Gasteiger partial charge in [-0.2, -0.15) is 0 Å². The Balaban J connectivity index is 0.00000300. The van der Waals surface area contributed by atoms with Crippen LogP contribution in [0, 0.1) is 0 Å². The number of hydrogen-bond acceptors (Lipinski definition) is 7. The first-order valence-corrected chi connectivity index (χ1v) is 8.93. The number of ether oxygens (including phenoxy) is 1. The summed E-state index contributed by atoms with van der Waals surface area (Å²) < 4.78 is 41.7. The molecule has 3 rings (SSSR count). The molecule has 0 unspecified atom stereocenters. The molecule has 0 spiro atoms. The first-order valence-electron chi connectivity index (χ1n) is 8.12. The minimum Gasteiger partial charge on any atom is -0.406 e. The summed E-state index contributed by atoms with van der Waals surface area (Å²) in [4.78, 5) is 28.6. The highest BCUT2D eigenvalue weighted by Gasteiger charge is 2.31. The molecule has 0 saturated heterocycles. The Morgan fingerprint density at radius 3 is 2.59 bits per heavy atom. The number of benzene rings is 1. The average molecular weight is 448 g/mol. The minimum atomic E-state index is -4.78. The molecule has 156 valence electrons. The average Bonchev–Trinajstić information content (AvgIpc) is 3.03. The maximum Gasteiger partial charge on any atom is 0.573 e. The molecule has 12 heteroatoms. The van der Waals surface area contributed by atoms with Gasteiger partial charge in [-0.1, -0.05) is 11.3 Å². The van der Waals surface area contributed by atoms with E-state index in [9.17, 15) is 18.0 Å². The normalized spacial score (nSPS) is 11.4. The van der Waals surface area contributed by atoms with E-state index >= 15 is 0 Å². The van der Waals surface area contributed by atoms with Crippen LogP contribution in [-0.2, 0) is 0 Å². The van der Waals surface area contributed by atoms with Crippen LogP contribution in [0.15, 0.2) is 36.8 Å². The van der Waals surface area contributed by atoms with Crippen molar-refractivity contribution in [3.05, 3.63) is 42.5 Å². The summed E-state index contributed by atoms with van der Waals surface area (Å²) in [6.45, 7) is 0.887. The second-order valence-electron chi connectivity index (χ2n) is 6.02. The van der Waals surface area contributed by atoms with Crippen molar-refractivity contribution in [3.8, 4) is 5.75 Å². The molecular formula is C17H17ClF3N5O2S. The van der Waals surface area contributed by atoms with Gasteiger partial charge in [0, 0.05) is 31.5 Å². The van der Waals surface area contributed by atoms with Crippen molar-refractivity contribution in [2.24, 2.45) is 0 Å². The molecule has 0 aliphatic rings. The maximum atomic E-state index is 12.9. The Labute approximate surface area is 174 Å². The molecule has 1 amide bonds. The van der Waals surface area contributed by atoms with Crippen LogP contribution in [0.1, 0.15) is 10.5 Å². The van der Waals surface area contributed by atoms with Crippen molar-refractivity contribution in [2.75, 3.05) is 32.1 Å². The number of hydrogen-bond donors (Lipinski definition) is 0. The van der Waals surface area contributed by atoms with Gasteiger partial charge in [0.05, 0.1) is 16.4 Å². The lowest BCUT2D eigenvalue weighted by Crippen LogP contribution is -2.37.